The molecule has 4 rings (SSSR count). The molecule has 5 heteroatoms. The summed E-state index contributed by atoms with van der Waals surface area (Å²) in [7, 11) is 0. The van der Waals surface area contributed by atoms with E-state index in [1.807, 2.05) is 60.7 Å². The third-order valence-electron chi connectivity index (χ3n) is 4.14. The van der Waals surface area contributed by atoms with E-state index in [0.717, 1.165) is 21.6 Å². The minimum Gasteiger partial charge on any atom is -0.489 e. The fraction of sp³-hybridized carbons (Fsp3) is 0.0455. The van der Waals surface area contributed by atoms with Crippen molar-refractivity contribution < 1.29 is 9.53 Å². The van der Waals surface area contributed by atoms with Crippen molar-refractivity contribution in [2.75, 3.05) is 0 Å². The second kappa shape index (κ2) is 7.81. The van der Waals surface area contributed by atoms with Gasteiger partial charge in [0.2, 0.25) is 5.78 Å². The highest BCUT2D eigenvalue weighted by Gasteiger charge is 2.25. The van der Waals surface area contributed by atoms with Crippen LogP contribution in [0.15, 0.2) is 76.5 Å². The Hall–Kier alpha value is -2.20. The number of fused-ring (bicyclic) bond motifs is 1. The molecule has 0 bridgehead atoms. The van der Waals surface area contributed by atoms with Gasteiger partial charge in [0, 0.05) is 26.1 Å². The number of hydrogen-bond acceptors (Lipinski definition) is 3. The Bertz CT molecular complexity index is 1060. The molecule has 0 N–H and O–H groups in total. The summed E-state index contributed by atoms with van der Waals surface area (Å²) < 4.78 is 5.86. The van der Waals surface area contributed by atoms with Crippen LogP contribution >= 0.6 is 35.0 Å². The van der Waals surface area contributed by atoms with E-state index in [1.54, 1.807) is 12.1 Å². The summed E-state index contributed by atoms with van der Waals surface area (Å²) in [5.74, 6) is 0.776. The lowest BCUT2D eigenvalue weighted by Gasteiger charge is -2.09. The highest BCUT2D eigenvalue weighted by molar-refractivity contribution is 8.04. The van der Waals surface area contributed by atoms with Crippen LogP contribution in [-0.4, -0.2) is 5.78 Å². The summed E-state index contributed by atoms with van der Waals surface area (Å²) in [5, 5.41) is 1.17. The van der Waals surface area contributed by atoms with E-state index in [2.05, 4.69) is 0 Å². The van der Waals surface area contributed by atoms with Crippen LogP contribution in [0.1, 0.15) is 21.5 Å². The van der Waals surface area contributed by atoms with Crippen molar-refractivity contribution in [3.63, 3.8) is 0 Å². The Balaban J connectivity index is 1.51. The first-order valence-electron chi connectivity index (χ1n) is 8.30. The minimum absolute atomic E-state index is 0.0647. The van der Waals surface area contributed by atoms with Gasteiger partial charge in [0.25, 0.3) is 0 Å². The van der Waals surface area contributed by atoms with Crippen LogP contribution in [-0.2, 0) is 6.61 Å². The first kappa shape index (κ1) is 18.2. The number of allylic oxidation sites excluding steroid dienone is 1. The number of benzene rings is 3. The molecule has 0 spiro atoms. The predicted octanol–water partition coefficient (Wildman–Crippen LogP) is 6.90. The zero-order valence-corrected chi connectivity index (χ0v) is 16.4. The molecule has 27 heavy (non-hydrogen) atoms. The van der Waals surface area contributed by atoms with Crippen molar-refractivity contribution in [3.05, 3.63) is 98.4 Å². The molecule has 0 aliphatic carbocycles. The van der Waals surface area contributed by atoms with Crippen LogP contribution in [0.25, 0.3) is 6.08 Å². The highest BCUT2D eigenvalue weighted by Crippen LogP contribution is 2.40. The normalized spacial score (nSPS) is 14.4. The number of rotatable bonds is 4. The fourth-order valence-corrected chi connectivity index (χ4v) is 4.30. The van der Waals surface area contributed by atoms with Crippen molar-refractivity contribution in [3.8, 4) is 5.75 Å². The Morgan fingerprint density at radius 1 is 0.963 bits per heavy atom. The topological polar surface area (TPSA) is 26.3 Å². The second-order valence-electron chi connectivity index (χ2n) is 6.03. The summed E-state index contributed by atoms with van der Waals surface area (Å²) in [6.07, 6.45) is 1.90. The third-order valence-corrected chi connectivity index (χ3v) is 5.83. The SMILES string of the molecule is O=C1/C(=C\c2cccc(OCc3ccc(Cl)cc3Cl)c2)Sc2ccccc21. The molecule has 0 aromatic heterocycles. The molecular weight excluding hydrogens is 399 g/mol. The Labute approximate surface area is 171 Å². The van der Waals surface area contributed by atoms with E-state index in [4.69, 9.17) is 27.9 Å². The molecule has 1 heterocycles. The molecule has 0 radical (unpaired) electrons. The van der Waals surface area contributed by atoms with Crippen LogP contribution in [0.2, 0.25) is 10.0 Å². The van der Waals surface area contributed by atoms with E-state index < -0.39 is 0 Å². The van der Waals surface area contributed by atoms with Crippen molar-refractivity contribution in [1.82, 2.24) is 0 Å². The zero-order chi connectivity index (χ0) is 18.8. The van der Waals surface area contributed by atoms with Gasteiger partial charge in [0.15, 0.2) is 0 Å². The van der Waals surface area contributed by atoms with Crippen molar-refractivity contribution in [1.29, 1.82) is 0 Å². The van der Waals surface area contributed by atoms with Crippen LogP contribution in [0.5, 0.6) is 5.75 Å². The van der Waals surface area contributed by atoms with Crippen molar-refractivity contribution >= 4 is 46.8 Å². The molecule has 0 saturated heterocycles. The van der Waals surface area contributed by atoms with Crippen molar-refractivity contribution in [2.24, 2.45) is 0 Å². The van der Waals surface area contributed by atoms with E-state index in [-0.39, 0.29) is 5.78 Å². The maximum atomic E-state index is 12.5. The highest BCUT2D eigenvalue weighted by atomic mass is 35.5. The van der Waals surface area contributed by atoms with Gasteiger partial charge in [-0.15, -0.1) is 0 Å². The van der Waals surface area contributed by atoms with Crippen LogP contribution in [0.4, 0.5) is 0 Å². The van der Waals surface area contributed by atoms with E-state index >= 15 is 0 Å². The monoisotopic (exact) mass is 412 g/mol. The van der Waals surface area contributed by atoms with Gasteiger partial charge in [-0.2, -0.15) is 0 Å². The second-order valence-corrected chi connectivity index (χ2v) is 7.96. The average Bonchev–Trinajstić information content (AvgIpc) is 2.97. The number of hydrogen-bond donors (Lipinski definition) is 0. The minimum atomic E-state index is 0.0647. The zero-order valence-electron chi connectivity index (χ0n) is 14.1. The lowest BCUT2D eigenvalue weighted by Crippen LogP contribution is -1.97. The molecule has 1 aliphatic heterocycles. The van der Waals surface area contributed by atoms with Gasteiger partial charge >= 0.3 is 0 Å². The summed E-state index contributed by atoms with van der Waals surface area (Å²) in [5.41, 5.74) is 2.54. The standard InChI is InChI=1S/C22H14Cl2O2S/c23-16-9-8-15(19(24)12-16)13-26-17-5-3-4-14(10-17)11-21-22(25)18-6-1-2-7-20(18)27-21/h1-12H,13H2/b21-11+. The largest absolute Gasteiger partial charge is 0.489 e. The molecule has 0 unspecified atom stereocenters. The molecule has 3 aromatic carbocycles. The molecule has 0 saturated carbocycles. The van der Waals surface area contributed by atoms with Crippen molar-refractivity contribution in [2.45, 2.75) is 11.5 Å². The first-order chi connectivity index (χ1) is 13.1. The van der Waals surface area contributed by atoms with E-state index in [9.17, 15) is 4.79 Å². The fourth-order valence-electron chi connectivity index (χ4n) is 2.78. The smallest absolute Gasteiger partial charge is 0.200 e. The molecule has 2 nitrogen and oxygen atoms in total. The lowest BCUT2D eigenvalue weighted by atomic mass is 10.1. The number of Topliss-reactive ketones (excluding diaryl/α,β-unsaturated/α-hetero) is 1. The van der Waals surface area contributed by atoms with Gasteiger partial charge < -0.3 is 4.74 Å². The average molecular weight is 413 g/mol. The molecular formula is C22H14Cl2O2S. The molecule has 0 atom stereocenters. The number of carbonyl (C=O) groups excluding carboxylic acids is 1. The first-order valence-corrected chi connectivity index (χ1v) is 9.87. The van der Waals surface area contributed by atoms with Gasteiger partial charge in [0.05, 0.1) is 4.91 Å². The maximum absolute atomic E-state index is 12.5. The predicted molar refractivity (Wildman–Crippen MR) is 112 cm³/mol. The number of ketones is 1. The molecule has 3 aromatic rings. The number of carbonyl (C=O) groups is 1. The Morgan fingerprint density at radius 2 is 1.81 bits per heavy atom. The van der Waals surface area contributed by atoms with Gasteiger partial charge in [-0.3, -0.25) is 4.79 Å². The van der Waals surface area contributed by atoms with Crippen LogP contribution < -0.4 is 4.74 Å². The summed E-state index contributed by atoms with van der Waals surface area (Å²) in [6.45, 7) is 0.342. The third kappa shape index (κ3) is 4.06. The summed E-state index contributed by atoms with van der Waals surface area (Å²) in [6, 6.07) is 20.6. The van der Waals surface area contributed by atoms with Crippen LogP contribution in [0.3, 0.4) is 0 Å². The quantitative estimate of drug-likeness (QED) is 0.435. The maximum Gasteiger partial charge on any atom is 0.200 e. The van der Waals surface area contributed by atoms with Gasteiger partial charge in [-0.05, 0) is 48.0 Å². The summed E-state index contributed by atoms with van der Waals surface area (Å²) in [4.78, 5) is 14.2. The number of thioether (sulfide) groups is 1. The lowest BCUT2D eigenvalue weighted by molar-refractivity contribution is 0.104. The molecule has 0 amide bonds. The van der Waals surface area contributed by atoms with Gasteiger partial charge in [-0.1, -0.05) is 65.3 Å². The van der Waals surface area contributed by atoms with E-state index in [0.29, 0.717) is 27.3 Å². The van der Waals surface area contributed by atoms with E-state index in [1.165, 1.54) is 11.8 Å². The molecule has 1 aliphatic rings. The molecule has 0 fully saturated rings. The van der Waals surface area contributed by atoms with Crippen LogP contribution in [0, 0.1) is 0 Å². The van der Waals surface area contributed by atoms with Gasteiger partial charge in [0.1, 0.15) is 12.4 Å². The Morgan fingerprint density at radius 3 is 2.63 bits per heavy atom. The molecule has 134 valence electrons. The number of ether oxygens (including phenoxy) is 1. The number of halogens is 2. The summed E-state index contributed by atoms with van der Waals surface area (Å²) >= 11 is 13.6. The Kier molecular flexibility index (Phi) is 5.26. The van der Waals surface area contributed by atoms with Gasteiger partial charge in [-0.25, -0.2) is 0 Å².